The van der Waals surface area contributed by atoms with Gasteiger partial charge in [-0.2, -0.15) is 0 Å². The highest BCUT2D eigenvalue weighted by Crippen LogP contribution is 2.22. The Balaban J connectivity index is 2.30. The van der Waals surface area contributed by atoms with Gasteiger partial charge >= 0.3 is 5.69 Å². The van der Waals surface area contributed by atoms with Crippen LogP contribution in [-0.4, -0.2) is 22.6 Å². The zero-order valence-corrected chi connectivity index (χ0v) is 8.96. The summed E-state index contributed by atoms with van der Waals surface area (Å²) in [6, 6.07) is 1.86. The van der Waals surface area contributed by atoms with E-state index in [0.717, 1.165) is 25.1 Å². The molecule has 0 aliphatic carbocycles. The standard InChI is InChI=1S/C11H11F2N3O/c12-6-3-8(13)10-9(4-6)15-11(17)16(10)7-1-2-14-5-7/h3-4,7,14H,1-2,5H2,(H,15,17). The van der Waals surface area contributed by atoms with E-state index in [0.29, 0.717) is 6.54 Å². The van der Waals surface area contributed by atoms with Crippen LogP contribution in [0.1, 0.15) is 12.5 Å². The lowest BCUT2D eigenvalue weighted by Gasteiger charge is -2.10. The molecule has 1 aromatic carbocycles. The molecule has 4 nitrogen and oxygen atoms in total. The third-order valence-corrected chi connectivity index (χ3v) is 3.13. The van der Waals surface area contributed by atoms with E-state index in [4.69, 9.17) is 0 Å². The summed E-state index contributed by atoms with van der Waals surface area (Å²) in [4.78, 5) is 14.3. The van der Waals surface area contributed by atoms with Gasteiger partial charge < -0.3 is 10.3 Å². The van der Waals surface area contributed by atoms with Crippen LogP contribution in [0.15, 0.2) is 16.9 Å². The summed E-state index contributed by atoms with van der Waals surface area (Å²) < 4.78 is 28.1. The van der Waals surface area contributed by atoms with Crippen LogP contribution >= 0.6 is 0 Å². The number of hydrogen-bond acceptors (Lipinski definition) is 2. The largest absolute Gasteiger partial charge is 0.326 e. The molecule has 2 heterocycles. The maximum atomic E-state index is 13.7. The fourth-order valence-electron chi connectivity index (χ4n) is 2.39. The monoisotopic (exact) mass is 239 g/mol. The fraction of sp³-hybridized carbons (Fsp3) is 0.364. The van der Waals surface area contributed by atoms with E-state index in [1.165, 1.54) is 4.57 Å². The first-order valence-electron chi connectivity index (χ1n) is 5.47. The Kier molecular flexibility index (Phi) is 2.25. The molecule has 1 aromatic heterocycles. The maximum absolute atomic E-state index is 13.7. The molecule has 2 N–H and O–H groups in total. The number of hydrogen-bond donors (Lipinski definition) is 2. The van der Waals surface area contributed by atoms with Crippen molar-refractivity contribution in [1.82, 2.24) is 14.9 Å². The number of aromatic amines is 1. The van der Waals surface area contributed by atoms with Gasteiger partial charge in [-0.1, -0.05) is 0 Å². The van der Waals surface area contributed by atoms with E-state index in [9.17, 15) is 13.6 Å². The van der Waals surface area contributed by atoms with Crippen molar-refractivity contribution in [3.8, 4) is 0 Å². The van der Waals surface area contributed by atoms with E-state index in [1.54, 1.807) is 0 Å². The third kappa shape index (κ3) is 1.56. The van der Waals surface area contributed by atoms with Gasteiger partial charge in [-0.3, -0.25) is 4.57 Å². The smallest absolute Gasteiger partial charge is 0.315 e. The van der Waals surface area contributed by atoms with Crippen molar-refractivity contribution < 1.29 is 8.78 Å². The molecule has 3 rings (SSSR count). The minimum Gasteiger partial charge on any atom is -0.315 e. The van der Waals surface area contributed by atoms with Gasteiger partial charge in [0.05, 0.1) is 11.6 Å². The quantitative estimate of drug-likeness (QED) is 0.784. The lowest BCUT2D eigenvalue weighted by Crippen LogP contribution is -2.24. The van der Waals surface area contributed by atoms with Crippen molar-refractivity contribution in [2.75, 3.05) is 13.1 Å². The number of nitrogens with zero attached hydrogens (tertiary/aromatic N) is 1. The molecule has 1 saturated heterocycles. The summed E-state index contributed by atoms with van der Waals surface area (Å²) in [5, 5.41) is 3.11. The molecule has 17 heavy (non-hydrogen) atoms. The Morgan fingerprint density at radius 2 is 2.18 bits per heavy atom. The Morgan fingerprint density at radius 3 is 2.88 bits per heavy atom. The van der Waals surface area contributed by atoms with Crippen molar-refractivity contribution in [2.24, 2.45) is 0 Å². The van der Waals surface area contributed by atoms with Gasteiger partial charge in [0.25, 0.3) is 0 Å². The first-order valence-corrected chi connectivity index (χ1v) is 5.47. The second-order valence-corrected chi connectivity index (χ2v) is 4.23. The Bertz CT molecular complexity index is 625. The van der Waals surface area contributed by atoms with Crippen molar-refractivity contribution in [3.05, 3.63) is 34.3 Å². The molecule has 1 unspecified atom stereocenters. The van der Waals surface area contributed by atoms with Gasteiger partial charge in [0.2, 0.25) is 0 Å². The minimum atomic E-state index is -0.703. The molecule has 0 bridgehead atoms. The van der Waals surface area contributed by atoms with Crippen molar-refractivity contribution in [1.29, 1.82) is 0 Å². The van der Waals surface area contributed by atoms with E-state index in [1.807, 2.05) is 0 Å². The maximum Gasteiger partial charge on any atom is 0.326 e. The lowest BCUT2D eigenvalue weighted by atomic mass is 10.2. The fourth-order valence-corrected chi connectivity index (χ4v) is 2.39. The molecule has 0 amide bonds. The van der Waals surface area contributed by atoms with E-state index < -0.39 is 17.3 Å². The van der Waals surface area contributed by atoms with Crippen LogP contribution in [-0.2, 0) is 0 Å². The minimum absolute atomic E-state index is 0.0730. The van der Waals surface area contributed by atoms with Crippen molar-refractivity contribution >= 4 is 11.0 Å². The number of aromatic nitrogens is 2. The summed E-state index contributed by atoms with van der Waals surface area (Å²) >= 11 is 0. The van der Waals surface area contributed by atoms with Gasteiger partial charge in [-0.05, 0) is 19.0 Å². The number of nitrogens with one attached hydrogen (secondary N) is 2. The van der Waals surface area contributed by atoms with Crippen LogP contribution in [0.2, 0.25) is 0 Å². The van der Waals surface area contributed by atoms with Crippen LogP contribution in [0.4, 0.5) is 8.78 Å². The second-order valence-electron chi connectivity index (χ2n) is 4.23. The molecule has 1 aliphatic heterocycles. The van der Waals surface area contributed by atoms with Crippen LogP contribution in [0.25, 0.3) is 11.0 Å². The Morgan fingerprint density at radius 1 is 1.35 bits per heavy atom. The predicted octanol–water partition coefficient (Wildman–Crippen LogP) is 1.14. The zero-order valence-electron chi connectivity index (χ0n) is 8.96. The summed E-state index contributed by atoms with van der Waals surface area (Å²) in [5.74, 6) is -1.39. The molecule has 0 saturated carbocycles. The summed E-state index contributed by atoms with van der Waals surface area (Å²) in [5.41, 5.74) is -0.0253. The average molecular weight is 239 g/mol. The first-order chi connectivity index (χ1) is 8.16. The Labute approximate surface area is 95.2 Å². The van der Waals surface area contributed by atoms with Gasteiger partial charge in [-0.25, -0.2) is 13.6 Å². The van der Waals surface area contributed by atoms with Crippen LogP contribution < -0.4 is 11.0 Å². The second kappa shape index (κ2) is 3.66. The van der Waals surface area contributed by atoms with E-state index in [-0.39, 0.29) is 17.1 Å². The highest BCUT2D eigenvalue weighted by molar-refractivity contribution is 5.76. The van der Waals surface area contributed by atoms with Gasteiger partial charge in [0.15, 0.2) is 5.82 Å². The molecule has 2 aromatic rings. The van der Waals surface area contributed by atoms with Crippen molar-refractivity contribution in [3.63, 3.8) is 0 Å². The zero-order chi connectivity index (χ0) is 12.0. The molecular weight excluding hydrogens is 228 g/mol. The molecule has 6 heteroatoms. The number of H-pyrrole nitrogens is 1. The number of imidazole rings is 1. The van der Waals surface area contributed by atoms with Crippen LogP contribution in [0, 0.1) is 11.6 Å². The number of fused-ring (bicyclic) bond motifs is 1. The highest BCUT2D eigenvalue weighted by Gasteiger charge is 2.22. The molecule has 90 valence electrons. The number of rotatable bonds is 1. The summed E-state index contributed by atoms with van der Waals surface area (Å²) in [7, 11) is 0. The summed E-state index contributed by atoms with van der Waals surface area (Å²) in [6.07, 6.45) is 0.768. The predicted molar refractivity (Wildman–Crippen MR) is 59.0 cm³/mol. The highest BCUT2D eigenvalue weighted by atomic mass is 19.1. The topological polar surface area (TPSA) is 49.8 Å². The van der Waals surface area contributed by atoms with Gasteiger partial charge in [0, 0.05) is 12.6 Å². The molecular formula is C11H11F2N3O. The molecule has 1 atom stereocenters. The lowest BCUT2D eigenvalue weighted by molar-refractivity contribution is 0.530. The van der Waals surface area contributed by atoms with Gasteiger partial charge in [0.1, 0.15) is 11.3 Å². The number of halogens is 2. The van der Waals surface area contributed by atoms with Crippen molar-refractivity contribution in [2.45, 2.75) is 12.5 Å². The molecule has 1 aliphatic rings. The molecule has 1 fully saturated rings. The van der Waals surface area contributed by atoms with E-state index >= 15 is 0 Å². The number of benzene rings is 1. The third-order valence-electron chi connectivity index (χ3n) is 3.13. The van der Waals surface area contributed by atoms with Crippen LogP contribution in [0.5, 0.6) is 0 Å². The first kappa shape index (κ1) is 10.5. The van der Waals surface area contributed by atoms with Crippen LogP contribution in [0.3, 0.4) is 0 Å². The SMILES string of the molecule is O=c1[nH]c2cc(F)cc(F)c2n1C1CCNC1. The molecule has 0 radical (unpaired) electrons. The van der Waals surface area contributed by atoms with E-state index in [2.05, 4.69) is 10.3 Å². The summed E-state index contributed by atoms with van der Waals surface area (Å²) in [6.45, 7) is 1.43. The Hall–Kier alpha value is -1.69. The average Bonchev–Trinajstić information content (AvgIpc) is 2.83. The molecule has 0 spiro atoms. The van der Waals surface area contributed by atoms with Gasteiger partial charge in [-0.15, -0.1) is 0 Å². The normalized spacial score (nSPS) is 20.2.